The highest BCUT2D eigenvalue weighted by Crippen LogP contribution is 2.33. The number of hydrogen-bond donors (Lipinski definition) is 0. The van der Waals surface area contributed by atoms with Gasteiger partial charge in [0.15, 0.2) is 6.17 Å². The van der Waals surface area contributed by atoms with Gasteiger partial charge in [0.1, 0.15) is 11.9 Å². The summed E-state index contributed by atoms with van der Waals surface area (Å²) in [5, 5.41) is 0. The maximum absolute atomic E-state index is 13.6. The van der Waals surface area contributed by atoms with Crippen molar-refractivity contribution >= 4 is 5.97 Å². The molecule has 3 nitrogen and oxygen atoms in total. The minimum Gasteiger partial charge on any atom is -0.493 e. The number of carbonyl (C=O) groups is 1. The molecule has 2 saturated carbocycles. The van der Waals surface area contributed by atoms with Crippen LogP contribution in [0.4, 0.5) is 4.39 Å². The van der Waals surface area contributed by atoms with Crippen LogP contribution in [-0.4, -0.2) is 24.9 Å². The van der Waals surface area contributed by atoms with Crippen LogP contribution in [-0.2, 0) is 9.53 Å². The zero-order valence-corrected chi connectivity index (χ0v) is 17.2. The number of ether oxygens (including phenoxy) is 2. The first-order chi connectivity index (χ1) is 13.7. The fraction of sp³-hybridized carbons (Fsp3) is 0.708. The van der Waals surface area contributed by atoms with Crippen LogP contribution in [0.25, 0.3) is 0 Å². The first kappa shape index (κ1) is 21.1. The minimum atomic E-state index is -1.47. The molecule has 0 spiro atoms. The van der Waals surface area contributed by atoms with E-state index in [0.717, 1.165) is 37.4 Å². The lowest BCUT2D eigenvalue weighted by Crippen LogP contribution is -2.30. The van der Waals surface area contributed by atoms with Crippen LogP contribution in [0.2, 0.25) is 0 Å². The smallest absolute Gasteiger partial charge is 0.340 e. The molecule has 0 bridgehead atoms. The first-order valence-corrected chi connectivity index (χ1v) is 11.2. The predicted molar refractivity (Wildman–Crippen MR) is 109 cm³/mol. The Kier molecular flexibility index (Phi) is 8.17. The first-order valence-electron chi connectivity index (χ1n) is 11.2. The summed E-state index contributed by atoms with van der Waals surface area (Å²) in [6, 6.07) is 8.66. The highest BCUT2D eigenvalue weighted by Gasteiger charge is 2.27. The molecule has 0 radical (unpaired) electrons. The fourth-order valence-corrected chi connectivity index (χ4v) is 4.51. The van der Waals surface area contributed by atoms with Gasteiger partial charge in [-0.15, -0.1) is 0 Å². The zero-order chi connectivity index (χ0) is 19.8. The maximum atomic E-state index is 13.6. The van der Waals surface area contributed by atoms with Gasteiger partial charge in [-0.05, 0) is 74.5 Å². The van der Waals surface area contributed by atoms with E-state index in [1.807, 2.05) is 6.92 Å². The lowest BCUT2D eigenvalue weighted by molar-refractivity contribution is -0.157. The Hall–Kier alpha value is -1.58. The van der Waals surface area contributed by atoms with Crippen molar-refractivity contribution in [3.8, 4) is 5.75 Å². The zero-order valence-electron chi connectivity index (χ0n) is 17.2. The second-order valence-electron chi connectivity index (χ2n) is 8.55. The van der Waals surface area contributed by atoms with Gasteiger partial charge in [-0.3, -0.25) is 0 Å². The van der Waals surface area contributed by atoms with E-state index in [4.69, 9.17) is 9.47 Å². The summed E-state index contributed by atoms with van der Waals surface area (Å²) in [5.41, 5.74) is 1.45. The van der Waals surface area contributed by atoms with Crippen molar-refractivity contribution < 1.29 is 18.7 Å². The van der Waals surface area contributed by atoms with Gasteiger partial charge in [-0.1, -0.05) is 44.7 Å². The van der Waals surface area contributed by atoms with Crippen molar-refractivity contribution in [3.63, 3.8) is 0 Å². The third-order valence-corrected chi connectivity index (χ3v) is 6.32. The molecule has 2 fully saturated rings. The van der Waals surface area contributed by atoms with Crippen LogP contribution in [0, 0.1) is 5.92 Å². The van der Waals surface area contributed by atoms with Gasteiger partial charge in [0.2, 0.25) is 0 Å². The van der Waals surface area contributed by atoms with Crippen molar-refractivity contribution in [2.24, 2.45) is 5.92 Å². The lowest BCUT2D eigenvalue weighted by atomic mass is 9.84. The highest BCUT2D eigenvalue weighted by molar-refractivity contribution is 5.74. The maximum Gasteiger partial charge on any atom is 0.340 e. The molecule has 0 amide bonds. The van der Waals surface area contributed by atoms with E-state index in [-0.39, 0.29) is 12.5 Å². The van der Waals surface area contributed by atoms with Gasteiger partial charge in [-0.2, -0.15) is 0 Å². The molecule has 0 aliphatic heterocycles. The molecular weight excluding hydrogens is 355 g/mol. The largest absolute Gasteiger partial charge is 0.493 e. The summed E-state index contributed by atoms with van der Waals surface area (Å²) in [6.45, 7) is 2.57. The molecule has 0 aromatic heterocycles. The monoisotopic (exact) mass is 390 g/mol. The van der Waals surface area contributed by atoms with Gasteiger partial charge in [0.25, 0.3) is 0 Å². The summed E-state index contributed by atoms with van der Waals surface area (Å²) < 4.78 is 24.9. The van der Waals surface area contributed by atoms with Gasteiger partial charge in [0.05, 0.1) is 6.61 Å². The molecular formula is C24H35FO3. The topological polar surface area (TPSA) is 35.5 Å². The van der Waals surface area contributed by atoms with Crippen molar-refractivity contribution in [2.75, 3.05) is 6.61 Å². The van der Waals surface area contributed by atoms with E-state index in [1.54, 1.807) is 0 Å². The predicted octanol–water partition coefficient (Wildman–Crippen LogP) is 6.35. The van der Waals surface area contributed by atoms with E-state index < -0.39 is 12.1 Å². The molecule has 0 N–H and O–H groups in total. The summed E-state index contributed by atoms with van der Waals surface area (Å²) in [5.74, 6) is 1.46. The van der Waals surface area contributed by atoms with E-state index in [9.17, 15) is 9.18 Å². The standard InChI is InChI=1S/C24H35FO3/c1-2-6-23(25)24(26)28-22-13-9-18(10-14-22)17-27-21-15-11-20(12-16-21)19-7-4-3-5-8-19/h11-12,15-16,18-19,22-23H,2-10,13-14,17H2,1H3/t18?,22?,23-/m1/s1. The molecule has 156 valence electrons. The molecule has 1 aromatic rings. The van der Waals surface area contributed by atoms with Gasteiger partial charge in [0, 0.05) is 0 Å². The molecule has 2 aliphatic carbocycles. The Bertz CT molecular complexity index is 586. The molecule has 0 unspecified atom stereocenters. The summed E-state index contributed by atoms with van der Waals surface area (Å²) in [7, 11) is 0. The second kappa shape index (κ2) is 10.8. The molecule has 1 atom stereocenters. The van der Waals surface area contributed by atoms with Crippen molar-refractivity contribution in [3.05, 3.63) is 29.8 Å². The van der Waals surface area contributed by atoms with E-state index in [0.29, 0.717) is 18.9 Å². The van der Waals surface area contributed by atoms with Crippen molar-refractivity contribution in [2.45, 2.75) is 95.7 Å². The molecule has 2 aliphatic rings. The number of benzene rings is 1. The molecule has 28 heavy (non-hydrogen) atoms. The van der Waals surface area contributed by atoms with Crippen molar-refractivity contribution in [1.29, 1.82) is 0 Å². The Labute approximate surface area is 169 Å². The van der Waals surface area contributed by atoms with Crippen LogP contribution in [0.1, 0.15) is 89.0 Å². The number of alkyl halides is 1. The van der Waals surface area contributed by atoms with E-state index >= 15 is 0 Å². The summed E-state index contributed by atoms with van der Waals surface area (Å²) in [4.78, 5) is 11.7. The molecule has 4 heteroatoms. The lowest BCUT2D eigenvalue weighted by Gasteiger charge is -2.28. The Morgan fingerprint density at radius 3 is 2.36 bits per heavy atom. The number of halogens is 1. The number of esters is 1. The fourth-order valence-electron chi connectivity index (χ4n) is 4.51. The second-order valence-corrected chi connectivity index (χ2v) is 8.55. The summed E-state index contributed by atoms with van der Waals surface area (Å²) in [6.07, 6.45) is 9.55. The quantitative estimate of drug-likeness (QED) is 0.485. The molecule has 0 heterocycles. The van der Waals surface area contributed by atoms with E-state index in [2.05, 4.69) is 24.3 Å². The van der Waals surface area contributed by atoms with Crippen LogP contribution < -0.4 is 4.74 Å². The molecule has 3 rings (SSSR count). The van der Waals surface area contributed by atoms with Gasteiger partial charge < -0.3 is 9.47 Å². The third-order valence-electron chi connectivity index (χ3n) is 6.32. The van der Waals surface area contributed by atoms with Crippen LogP contribution in [0.15, 0.2) is 24.3 Å². The van der Waals surface area contributed by atoms with Crippen LogP contribution >= 0.6 is 0 Å². The Morgan fingerprint density at radius 2 is 1.71 bits per heavy atom. The average Bonchev–Trinajstić information content (AvgIpc) is 2.74. The Morgan fingerprint density at radius 1 is 1.04 bits per heavy atom. The SMILES string of the molecule is CCC[C@@H](F)C(=O)OC1CCC(COc2ccc(C3CCCCC3)cc2)CC1. The normalized spacial score (nSPS) is 24.5. The van der Waals surface area contributed by atoms with Crippen LogP contribution in [0.5, 0.6) is 5.75 Å². The Balaban J connectivity index is 1.36. The number of hydrogen-bond acceptors (Lipinski definition) is 3. The average molecular weight is 391 g/mol. The molecule has 1 aromatic carbocycles. The van der Waals surface area contributed by atoms with Crippen molar-refractivity contribution in [1.82, 2.24) is 0 Å². The molecule has 0 saturated heterocycles. The van der Waals surface area contributed by atoms with E-state index in [1.165, 1.54) is 37.7 Å². The number of rotatable bonds is 8. The van der Waals surface area contributed by atoms with Gasteiger partial charge >= 0.3 is 5.97 Å². The van der Waals surface area contributed by atoms with Crippen LogP contribution in [0.3, 0.4) is 0 Å². The third kappa shape index (κ3) is 6.22. The minimum absolute atomic E-state index is 0.131. The number of carbonyl (C=O) groups excluding carboxylic acids is 1. The van der Waals surface area contributed by atoms with Gasteiger partial charge in [-0.25, -0.2) is 9.18 Å². The summed E-state index contributed by atoms with van der Waals surface area (Å²) >= 11 is 0. The highest BCUT2D eigenvalue weighted by atomic mass is 19.1.